The van der Waals surface area contributed by atoms with E-state index in [4.69, 9.17) is 5.73 Å². The van der Waals surface area contributed by atoms with Crippen LogP contribution in [-0.4, -0.2) is 30.6 Å². The first-order valence-corrected chi connectivity index (χ1v) is 6.04. The van der Waals surface area contributed by atoms with Crippen LogP contribution in [-0.2, 0) is 0 Å². The van der Waals surface area contributed by atoms with Crippen molar-refractivity contribution in [2.75, 3.05) is 19.6 Å². The molecule has 0 bridgehead atoms. The van der Waals surface area contributed by atoms with Gasteiger partial charge in [0.25, 0.3) is 0 Å². The highest BCUT2D eigenvalue weighted by atomic mass is 35.5. The van der Waals surface area contributed by atoms with Gasteiger partial charge in [-0.3, -0.25) is 4.90 Å². The Morgan fingerprint density at radius 2 is 2.06 bits per heavy atom. The molecule has 94 valence electrons. The lowest BCUT2D eigenvalue weighted by molar-refractivity contribution is 0.229. The molecule has 1 fully saturated rings. The highest BCUT2D eigenvalue weighted by Gasteiger charge is 2.14. The highest BCUT2D eigenvalue weighted by Crippen LogP contribution is 2.08. The van der Waals surface area contributed by atoms with Crippen molar-refractivity contribution in [1.82, 2.24) is 4.90 Å². The molecule has 0 saturated carbocycles. The molecule has 0 spiro atoms. The minimum absolute atomic E-state index is 0. The quantitative estimate of drug-likeness (QED) is 0.896. The van der Waals surface area contributed by atoms with Gasteiger partial charge in [-0.1, -0.05) is 42.5 Å². The molecule has 2 N–H and O–H groups in total. The minimum atomic E-state index is 0. The number of nitrogens with zero attached hydrogens (tertiary/aromatic N) is 1. The van der Waals surface area contributed by atoms with Crippen molar-refractivity contribution < 1.29 is 0 Å². The zero-order valence-electron chi connectivity index (χ0n) is 10.1. The van der Waals surface area contributed by atoms with Gasteiger partial charge in [0.1, 0.15) is 0 Å². The molecule has 1 aliphatic rings. The average Bonchev–Trinajstić information content (AvgIpc) is 2.30. The Morgan fingerprint density at radius 3 is 2.76 bits per heavy atom. The first kappa shape index (κ1) is 14.2. The third-order valence-electron chi connectivity index (χ3n) is 3.02. The first-order valence-electron chi connectivity index (χ1n) is 6.04. The maximum Gasteiger partial charge on any atom is 0.0168 e. The van der Waals surface area contributed by atoms with E-state index in [0.717, 1.165) is 13.1 Å². The number of hydrogen-bond donors (Lipinski definition) is 1. The van der Waals surface area contributed by atoms with Gasteiger partial charge < -0.3 is 5.73 Å². The second-order valence-electron chi connectivity index (χ2n) is 4.47. The molecule has 3 heteroatoms. The van der Waals surface area contributed by atoms with Gasteiger partial charge in [0.2, 0.25) is 0 Å². The van der Waals surface area contributed by atoms with Crippen molar-refractivity contribution in [1.29, 1.82) is 0 Å². The highest BCUT2D eigenvalue weighted by molar-refractivity contribution is 5.85. The number of halogens is 1. The molecule has 1 saturated heterocycles. The van der Waals surface area contributed by atoms with E-state index in [1.54, 1.807) is 0 Å². The van der Waals surface area contributed by atoms with Crippen molar-refractivity contribution in [2.45, 2.75) is 18.9 Å². The second-order valence-corrected chi connectivity index (χ2v) is 4.47. The number of hydrogen-bond acceptors (Lipinski definition) is 2. The van der Waals surface area contributed by atoms with Crippen molar-refractivity contribution in [2.24, 2.45) is 5.73 Å². The molecule has 1 aromatic carbocycles. The summed E-state index contributed by atoms with van der Waals surface area (Å²) in [5, 5.41) is 0. The Kier molecular flexibility index (Phi) is 6.27. The lowest BCUT2D eigenvalue weighted by Crippen LogP contribution is -2.42. The van der Waals surface area contributed by atoms with Crippen molar-refractivity contribution >= 4 is 18.5 Å². The van der Waals surface area contributed by atoms with Crippen molar-refractivity contribution in [3.8, 4) is 0 Å². The summed E-state index contributed by atoms with van der Waals surface area (Å²) >= 11 is 0. The van der Waals surface area contributed by atoms with E-state index in [2.05, 4.69) is 41.3 Å². The predicted octanol–water partition coefficient (Wildman–Crippen LogP) is 2.54. The Balaban J connectivity index is 0.00000144. The SMILES string of the molecule is Cl.NC1CCCN(C/C=C/c2ccccc2)C1. The fraction of sp³-hybridized carbons (Fsp3) is 0.429. The van der Waals surface area contributed by atoms with Gasteiger partial charge in [-0.05, 0) is 24.9 Å². The number of benzene rings is 1. The van der Waals surface area contributed by atoms with Gasteiger partial charge in [-0.2, -0.15) is 0 Å². The first-order chi connectivity index (χ1) is 7.84. The lowest BCUT2D eigenvalue weighted by atomic mass is 10.1. The molecule has 0 radical (unpaired) electrons. The normalized spacial score (nSPS) is 21.4. The van der Waals surface area contributed by atoms with Gasteiger partial charge in [0.15, 0.2) is 0 Å². The molecule has 17 heavy (non-hydrogen) atoms. The molecular formula is C14H21ClN2. The van der Waals surface area contributed by atoms with Crippen LogP contribution in [0.25, 0.3) is 6.08 Å². The zero-order chi connectivity index (χ0) is 11.2. The summed E-state index contributed by atoms with van der Waals surface area (Å²) < 4.78 is 0. The molecule has 2 nitrogen and oxygen atoms in total. The Bertz CT molecular complexity index is 337. The summed E-state index contributed by atoms with van der Waals surface area (Å²) in [6, 6.07) is 10.8. The fourth-order valence-electron chi connectivity index (χ4n) is 2.16. The predicted molar refractivity (Wildman–Crippen MR) is 76.4 cm³/mol. The summed E-state index contributed by atoms with van der Waals surface area (Å²) in [6.07, 6.45) is 6.83. The summed E-state index contributed by atoms with van der Waals surface area (Å²) in [5.74, 6) is 0. The Morgan fingerprint density at radius 1 is 1.29 bits per heavy atom. The van der Waals surface area contributed by atoms with Crippen molar-refractivity contribution in [3.05, 3.63) is 42.0 Å². The summed E-state index contributed by atoms with van der Waals surface area (Å²) in [7, 11) is 0. The third-order valence-corrected chi connectivity index (χ3v) is 3.02. The average molecular weight is 253 g/mol. The van der Waals surface area contributed by atoms with E-state index in [0.29, 0.717) is 6.04 Å². The van der Waals surface area contributed by atoms with Crippen LogP contribution in [0.4, 0.5) is 0 Å². The Hall–Kier alpha value is -0.830. The van der Waals surface area contributed by atoms with Crippen molar-refractivity contribution in [3.63, 3.8) is 0 Å². The van der Waals surface area contributed by atoms with E-state index < -0.39 is 0 Å². The van der Waals surface area contributed by atoms with Crippen LogP contribution >= 0.6 is 12.4 Å². The third kappa shape index (κ3) is 4.90. The van der Waals surface area contributed by atoms with Crippen LogP contribution < -0.4 is 5.73 Å². The molecule has 1 heterocycles. The topological polar surface area (TPSA) is 29.3 Å². The molecular weight excluding hydrogens is 232 g/mol. The summed E-state index contributed by atoms with van der Waals surface area (Å²) in [4.78, 5) is 2.42. The molecule has 1 aliphatic heterocycles. The standard InChI is InChI=1S/C14H20N2.ClH/c15-14-9-5-11-16(12-14)10-4-8-13-6-2-1-3-7-13;/h1-4,6-8,14H,5,9-12,15H2;1H/b8-4+;. The summed E-state index contributed by atoms with van der Waals surface area (Å²) in [5.41, 5.74) is 7.21. The largest absolute Gasteiger partial charge is 0.327 e. The van der Waals surface area contributed by atoms with Crippen LogP contribution in [0.15, 0.2) is 36.4 Å². The van der Waals surface area contributed by atoms with Gasteiger partial charge in [0, 0.05) is 19.1 Å². The van der Waals surface area contributed by atoms with E-state index >= 15 is 0 Å². The number of piperidine rings is 1. The zero-order valence-corrected chi connectivity index (χ0v) is 10.9. The van der Waals surface area contributed by atoms with Crippen LogP contribution in [0.3, 0.4) is 0 Å². The molecule has 2 rings (SSSR count). The van der Waals surface area contributed by atoms with E-state index in [1.807, 2.05) is 6.07 Å². The fourth-order valence-corrected chi connectivity index (χ4v) is 2.16. The number of nitrogens with two attached hydrogens (primary N) is 1. The molecule has 1 atom stereocenters. The van der Waals surface area contributed by atoms with Gasteiger partial charge in [-0.25, -0.2) is 0 Å². The van der Waals surface area contributed by atoms with E-state index in [1.165, 1.54) is 24.9 Å². The number of likely N-dealkylation sites (tertiary alicyclic amines) is 1. The Labute approximate surface area is 110 Å². The second kappa shape index (κ2) is 7.49. The number of rotatable bonds is 3. The molecule has 1 unspecified atom stereocenters. The molecule has 1 aromatic rings. The maximum absolute atomic E-state index is 5.94. The van der Waals surface area contributed by atoms with Crippen LogP contribution in [0.5, 0.6) is 0 Å². The molecule has 0 aromatic heterocycles. The van der Waals surface area contributed by atoms with E-state index in [9.17, 15) is 0 Å². The van der Waals surface area contributed by atoms with Crippen LogP contribution in [0, 0.1) is 0 Å². The monoisotopic (exact) mass is 252 g/mol. The van der Waals surface area contributed by atoms with E-state index in [-0.39, 0.29) is 12.4 Å². The van der Waals surface area contributed by atoms with Crippen LogP contribution in [0.2, 0.25) is 0 Å². The minimum Gasteiger partial charge on any atom is -0.327 e. The van der Waals surface area contributed by atoms with Crippen LogP contribution in [0.1, 0.15) is 18.4 Å². The smallest absolute Gasteiger partial charge is 0.0168 e. The maximum atomic E-state index is 5.94. The van der Waals surface area contributed by atoms with Gasteiger partial charge in [0.05, 0.1) is 0 Å². The molecule has 0 amide bonds. The lowest BCUT2D eigenvalue weighted by Gasteiger charge is -2.29. The van der Waals surface area contributed by atoms with Gasteiger partial charge in [-0.15, -0.1) is 12.4 Å². The molecule has 0 aliphatic carbocycles. The van der Waals surface area contributed by atoms with Gasteiger partial charge >= 0.3 is 0 Å². The summed E-state index contributed by atoms with van der Waals surface area (Å²) in [6.45, 7) is 3.24.